The van der Waals surface area contributed by atoms with Crippen LogP contribution in [0.3, 0.4) is 0 Å². The molecule has 0 heterocycles. The highest BCUT2D eigenvalue weighted by Gasteiger charge is 2.76. The maximum atomic E-state index is 12.7. The van der Waals surface area contributed by atoms with Gasteiger partial charge >= 0.3 is 18.0 Å². The summed E-state index contributed by atoms with van der Waals surface area (Å²) in [6.07, 6.45) is -23.2. The van der Waals surface area contributed by atoms with Crippen molar-refractivity contribution in [1.29, 1.82) is 0 Å². The van der Waals surface area contributed by atoms with E-state index in [2.05, 4.69) is 0 Å². The molecule has 0 aromatic carbocycles. The molecule has 3 unspecified atom stereocenters. The Morgan fingerprint density at radius 1 is 0.737 bits per heavy atom. The van der Waals surface area contributed by atoms with Crippen molar-refractivity contribution in [2.24, 2.45) is 0 Å². The number of halogens is 10. The topological polar surface area (TPSA) is 40.5 Å². The van der Waals surface area contributed by atoms with Crippen molar-refractivity contribution in [3.05, 3.63) is 0 Å². The molecule has 0 aliphatic heterocycles. The van der Waals surface area contributed by atoms with Crippen LogP contribution in [0.1, 0.15) is 0 Å². The molecule has 2 N–H and O–H groups in total. The van der Waals surface area contributed by atoms with Gasteiger partial charge in [-0.2, -0.15) is 30.7 Å². The van der Waals surface area contributed by atoms with Crippen LogP contribution >= 0.6 is 0 Å². The van der Waals surface area contributed by atoms with Crippen LogP contribution in [0.15, 0.2) is 0 Å². The third-order valence-electron chi connectivity index (χ3n) is 2.03. The Bertz CT molecular complexity index is 301. The van der Waals surface area contributed by atoms with E-state index < -0.39 is 42.8 Å². The van der Waals surface area contributed by atoms with Crippen LogP contribution in [0.5, 0.6) is 0 Å². The number of rotatable bonds is 5. The number of hydrogen-bond donors (Lipinski definition) is 2. The lowest BCUT2D eigenvalue weighted by atomic mass is 9.98. The summed E-state index contributed by atoms with van der Waals surface area (Å²) in [5.74, 6) is -13.3. The minimum atomic E-state index is -6.87. The molecule has 3 atom stereocenters. The zero-order valence-electron chi connectivity index (χ0n) is 8.48. The lowest BCUT2D eigenvalue weighted by Crippen LogP contribution is -2.61. The number of aliphatic hydroxyl groups excluding tert-OH is 2. The predicted molar refractivity (Wildman–Crippen MR) is 38.9 cm³/mol. The highest BCUT2D eigenvalue weighted by molar-refractivity contribution is 4.99. The molecule has 0 radical (unpaired) electrons. The Kier molecular flexibility index (Phi) is 5.09. The molecule has 0 spiro atoms. The van der Waals surface area contributed by atoms with E-state index in [0.29, 0.717) is 0 Å². The van der Waals surface area contributed by atoms with Gasteiger partial charge in [-0.3, -0.25) is 0 Å². The smallest absolute Gasteiger partial charge is 0.384 e. The van der Waals surface area contributed by atoms with Gasteiger partial charge < -0.3 is 10.2 Å². The zero-order valence-corrected chi connectivity index (χ0v) is 8.48. The van der Waals surface area contributed by atoms with E-state index in [-0.39, 0.29) is 0 Å². The second-order valence-electron chi connectivity index (χ2n) is 3.41. The summed E-state index contributed by atoms with van der Waals surface area (Å²) in [5, 5.41) is 16.6. The Morgan fingerprint density at radius 3 is 1.37 bits per heavy atom. The molecule has 0 saturated heterocycles. The third kappa shape index (κ3) is 3.22. The fourth-order valence-electron chi connectivity index (χ4n) is 0.900. The van der Waals surface area contributed by atoms with Gasteiger partial charge in [0.2, 0.25) is 0 Å². The highest BCUT2D eigenvalue weighted by Crippen LogP contribution is 2.49. The van der Waals surface area contributed by atoms with Crippen LogP contribution in [-0.4, -0.2) is 53.0 Å². The van der Waals surface area contributed by atoms with Gasteiger partial charge in [0.25, 0.3) is 6.43 Å². The molecule has 12 heteroatoms. The average molecular weight is 312 g/mol. The molecule has 2 nitrogen and oxygen atoms in total. The second kappa shape index (κ2) is 5.31. The van der Waals surface area contributed by atoms with Crippen molar-refractivity contribution in [2.45, 2.75) is 42.8 Å². The monoisotopic (exact) mass is 312 g/mol. The molecule has 0 fully saturated rings. The van der Waals surface area contributed by atoms with Crippen LogP contribution in [0.25, 0.3) is 0 Å². The van der Waals surface area contributed by atoms with Gasteiger partial charge in [-0.25, -0.2) is 13.2 Å². The fourth-order valence-corrected chi connectivity index (χ4v) is 0.900. The summed E-state index contributed by atoms with van der Waals surface area (Å²) < 4.78 is 121. The summed E-state index contributed by atoms with van der Waals surface area (Å²) >= 11 is 0. The van der Waals surface area contributed by atoms with Gasteiger partial charge in [-0.05, 0) is 0 Å². The molecule has 0 saturated carbocycles. The molecule has 0 aromatic rings. The molecular formula is C7H6F10O2. The van der Waals surface area contributed by atoms with Crippen LogP contribution in [-0.2, 0) is 0 Å². The van der Waals surface area contributed by atoms with Gasteiger partial charge in [0, 0.05) is 0 Å². The first-order valence-corrected chi connectivity index (χ1v) is 4.28. The second-order valence-corrected chi connectivity index (χ2v) is 3.41. The normalized spacial score (nSPS) is 19.4. The summed E-state index contributed by atoms with van der Waals surface area (Å²) in [7, 11) is 0. The standard InChI is InChI=1S/C7H6F10O2/c8-1(2(18)4(9)10)3(19)5(11,12)6(13,14)7(15,16)17/h1-4,18-19H. The molecule has 0 amide bonds. The minimum Gasteiger partial charge on any atom is -0.384 e. The van der Waals surface area contributed by atoms with E-state index in [1.165, 1.54) is 0 Å². The first-order chi connectivity index (χ1) is 8.18. The average Bonchev–Trinajstić information content (AvgIpc) is 2.23. The first-order valence-electron chi connectivity index (χ1n) is 4.28. The van der Waals surface area contributed by atoms with Crippen molar-refractivity contribution < 1.29 is 54.1 Å². The number of alkyl halides is 10. The van der Waals surface area contributed by atoms with Crippen molar-refractivity contribution in [3.8, 4) is 0 Å². The fraction of sp³-hybridized carbons (Fsp3) is 1.00. The van der Waals surface area contributed by atoms with Gasteiger partial charge in [-0.15, -0.1) is 0 Å². The summed E-state index contributed by atoms with van der Waals surface area (Å²) in [6.45, 7) is 0. The molecule has 0 bridgehead atoms. The minimum absolute atomic E-state index is 3.65. The Hall–Kier alpha value is -0.780. The van der Waals surface area contributed by atoms with E-state index in [1.807, 2.05) is 0 Å². The van der Waals surface area contributed by atoms with Crippen LogP contribution in [0.4, 0.5) is 43.9 Å². The maximum Gasteiger partial charge on any atom is 0.459 e. The molecule has 0 aliphatic rings. The Labute approximate surface area is 98.2 Å². The Morgan fingerprint density at radius 2 is 1.11 bits per heavy atom. The lowest BCUT2D eigenvalue weighted by molar-refractivity contribution is -0.376. The Balaban J connectivity index is 5.32. The summed E-state index contributed by atoms with van der Waals surface area (Å²) in [6, 6.07) is 0. The van der Waals surface area contributed by atoms with E-state index in [0.717, 1.165) is 0 Å². The molecule has 19 heavy (non-hydrogen) atoms. The van der Waals surface area contributed by atoms with E-state index in [4.69, 9.17) is 10.2 Å². The van der Waals surface area contributed by atoms with Crippen LogP contribution in [0.2, 0.25) is 0 Å². The van der Waals surface area contributed by atoms with Crippen LogP contribution < -0.4 is 0 Å². The van der Waals surface area contributed by atoms with E-state index in [9.17, 15) is 43.9 Å². The lowest BCUT2D eigenvalue weighted by Gasteiger charge is -2.33. The van der Waals surface area contributed by atoms with Gasteiger partial charge in [0.1, 0.15) is 6.10 Å². The molecule has 116 valence electrons. The molecule has 0 aromatic heterocycles. The van der Waals surface area contributed by atoms with Gasteiger partial charge in [0.05, 0.1) is 0 Å². The summed E-state index contributed by atoms with van der Waals surface area (Å²) in [5.41, 5.74) is 0. The van der Waals surface area contributed by atoms with E-state index >= 15 is 0 Å². The number of hydrogen-bond acceptors (Lipinski definition) is 2. The summed E-state index contributed by atoms with van der Waals surface area (Å²) in [4.78, 5) is 0. The maximum absolute atomic E-state index is 12.7. The highest BCUT2D eigenvalue weighted by atomic mass is 19.4. The van der Waals surface area contributed by atoms with Crippen molar-refractivity contribution >= 4 is 0 Å². The first kappa shape index (κ1) is 18.2. The SMILES string of the molecule is OC(C(F)F)C(F)C(O)C(F)(F)C(F)(F)C(F)(F)F. The molecule has 0 rings (SSSR count). The quantitative estimate of drug-likeness (QED) is 0.764. The van der Waals surface area contributed by atoms with Crippen molar-refractivity contribution in [2.75, 3.05) is 0 Å². The number of aliphatic hydroxyl groups is 2. The largest absolute Gasteiger partial charge is 0.459 e. The molecule has 0 aliphatic carbocycles. The van der Waals surface area contributed by atoms with Gasteiger partial charge in [0.15, 0.2) is 12.3 Å². The molecular weight excluding hydrogens is 306 g/mol. The van der Waals surface area contributed by atoms with Crippen molar-refractivity contribution in [1.82, 2.24) is 0 Å². The van der Waals surface area contributed by atoms with Gasteiger partial charge in [-0.1, -0.05) is 0 Å². The predicted octanol–water partition coefficient (Wildman–Crippen LogP) is 2.14. The van der Waals surface area contributed by atoms with E-state index in [1.54, 1.807) is 0 Å². The van der Waals surface area contributed by atoms with Crippen molar-refractivity contribution in [3.63, 3.8) is 0 Å². The zero-order chi connectivity index (χ0) is 15.8. The third-order valence-corrected chi connectivity index (χ3v) is 2.03. The van der Waals surface area contributed by atoms with Crippen LogP contribution in [0, 0.1) is 0 Å².